The van der Waals surface area contributed by atoms with Gasteiger partial charge in [-0.15, -0.1) is 6.58 Å². The maximum absolute atomic E-state index is 5.46. The molecule has 0 amide bonds. The Kier molecular flexibility index (Phi) is 2.76. The second kappa shape index (κ2) is 4.21. The van der Waals surface area contributed by atoms with Crippen LogP contribution in [-0.2, 0) is 0 Å². The van der Waals surface area contributed by atoms with Gasteiger partial charge in [0.25, 0.3) is 0 Å². The number of benzene rings is 1. The average molecular weight is 199 g/mol. The zero-order valence-corrected chi connectivity index (χ0v) is 8.35. The quantitative estimate of drug-likeness (QED) is 0.451. The molecule has 0 fully saturated rings. The van der Waals surface area contributed by atoms with E-state index in [4.69, 9.17) is 5.84 Å². The molecule has 2 rings (SSSR count). The van der Waals surface area contributed by atoms with E-state index in [1.807, 2.05) is 30.3 Å². The highest BCUT2D eigenvalue weighted by Crippen LogP contribution is 2.22. The first-order chi connectivity index (χ1) is 7.36. The molecule has 3 heteroatoms. The van der Waals surface area contributed by atoms with Gasteiger partial charge in [-0.2, -0.15) is 0 Å². The van der Waals surface area contributed by atoms with Crippen molar-refractivity contribution < 1.29 is 0 Å². The lowest BCUT2D eigenvalue weighted by atomic mass is 10.0. The van der Waals surface area contributed by atoms with Crippen LogP contribution < -0.4 is 11.3 Å². The van der Waals surface area contributed by atoms with E-state index in [-0.39, 0.29) is 6.04 Å². The summed E-state index contributed by atoms with van der Waals surface area (Å²) >= 11 is 0. The average Bonchev–Trinajstić information content (AvgIpc) is 2.31. The van der Waals surface area contributed by atoms with Crippen LogP contribution in [0.5, 0.6) is 0 Å². The summed E-state index contributed by atoms with van der Waals surface area (Å²) in [6.07, 6.45) is 3.56. The molecule has 1 unspecified atom stereocenters. The summed E-state index contributed by atoms with van der Waals surface area (Å²) in [5.41, 5.74) is 4.78. The third-order valence-electron chi connectivity index (χ3n) is 2.43. The number of hydrogen-bond donors (Lipinski definition) is 2. The number of hydrazine groups is 1. The fourth-order valence-electron chi connectivity index (χ4n) is 1.68. The third kappa shape index (κ3) is 1.75. The number of fused-ring (bicyclic) bond motifs is 1. The molecule has 1 aromatic heterocycles. The van der Waals surface area contributed by atoms with E-state index in [1.54, 1.807) is 12.3 Å². The highest BCUT2D eigenvalue weighted by atomic mass is 15.2. The minimum Gasteiger partial charge on any atom is -0.271 e. The minimum absolute atomic E-state index is 0.0436. The number of nitrogens with two attached hydrogens (primary N) is 1. The summed E-state index contributed by atoms with van der Waals surface area (Å²) in [5, 5.41) is 1.10. The standard InChI is InChI=1S/C12H13N3/c1-2-11(15-13)9-5-3-7-12-10(9)6-4-8-14-12/h2-8,11,15H,1,13H2. The molecule has 0 aliphatic heterocycles. The summed E-state index contributed by atoms with van der Waals surface area (Å²) in [5.74, 6) is 5.46. The molecular weight excluding hydrogens is 186 g/mol. The maximum Gasteiger partial charge on any atom is 0.0705 e. The van der Waals surface area contributed by atoms with E-state index in [0.29, 0.717) is 0 Å². The monoisotopic (exact) mass is 199 g/mol. The Bertz CT molecular complexity index is 474. The van der Waals surface area contributed by atoms with Crippen molar-refractivity contribution >= 4 is 10.9 Å². The van der Waals surface area contributed by atoms with E-state index < -0.39 is 0 Å². The highest BCUT2D eigenvalue weighted by Gasteiger charge is 2.08. The van der Waals surface area contributed by atoms with Gasteiger partial charge in [-0.1, -0.05) is 24.3 Å². The number of aromatic nitrogens is 1. The van der Waals surface area contributed by atoms with E-state index >= 15 is 0 Å². The van der Waals surface area contributed by atoms with Gasteiger partial charge in [-0.3, -0.25) is 10.8 Å². The number of pyridine rings is 1. The molecule has 3 nitrogen and oxygen atoms in total. The lowest BCUT2D eigenvalue weighted by molar-refractivity contribution is 0.661. The van der Waals surface area contributed by atoms with Crippen molar-refractivity contribution in [2.24, 2.45) is 5.84 Å². The summed E-state index contributed by atoms with van der Waals surface area (Å²) in [7, 11) is 0. The molecular formula is C12H13N3. The van der Waals surface area contributed by atoms with Gasteiger partial charge in [-0.05, 0) is 17.7 Å². The van der Waals surface area contributed by atoms with Crippen molar-refractivity contribution in [3.05, 3.63) is 54.7 Å². The Balaban J connectivity index is 2.64. The normalized spacial score (nSPS) is 12.6. The van der Waals surface area contributed by atoms with Crippen LogP contribution in [0.4, 0.5) is 0 Å². The van der Waals surface area contributed by atoms with Crippen molar-refractivity contribution in [3.63, 3.8) is 0 Å². The fourth-order valence-corrected chi connectivity index (χ4v) is 1.68. The molecule has 0 radical (unpaired) electrons. The maximum atomic E-state index is 5.46. The van der Waals surface area contributed by atoms with Crippen LogP contribution >= 0.6 is 0 Å². The highest BCUT2D eigenvalue weighted by molar-refractivity contribution is 5.82. The van der Waals surface area contributed by atoms with Gasteiger partial charge in [-0.25, -0.2) is 5.43 Å². The molecule has 76 valence electrons. The Morgan fingerprint density at radius 2 is 2.20 bits per heavy atom. The van der Waals surface area contributed by atoms with Gasteiger partial charge in [0.05, 0.1) is 11.6 Å². The van der Waals surface area contributed by atoms with E-state index in [9.17, 15) is 0 Å². The smallest absolute Gasteiger partial charge is 0.0705 e. The predicted octanol–water partition coefficient (Wildman–Crippen LogP) is 1.93. The van der Waals surface area contributed by atoms with Crippen molar-refractivity contribution in [2.45, 2.75) is 6.04 Å². The zero-order chi connectivity index (χ0) is 10.7. The Labute approximate surface area is 88.6 Å². The Morgan fingerprint density at radius 1 is 1.33 bits per heavy atom. The first kappa shape index (κ1) is 9.83. The van der Waals surface area contributed by atoms with Crippen molar-refractivity contribution in [3.8, 4) is 0 Å². The third-order valence-corrected chi connectivity index (χ3v) is 2.43. The lowest BCUT2D eigenvalue weighted by Gasteiger charge is -2.13. The summed E-state index contributed by atoms with van der Waals surface area (Å²) in [6.45, 7) is 3.75. The molecule has 3 N–H and O–H groups in total. The van der Waals surface area contributed by atoms with Gasteiger partial charge in [0, 0.05) is 11.6 Å². The van der Waals surface area contributed by atoms with E-state index in [0.717, 1.165) is 16.5 Å². The first-order valence-electron chi connectivity index (χ1n) is 4.79. The van der Waals surface area contributed by atoms with Crippen molar-refractivity contribution in [2.75, 3.05) is 0 Å². The molecule has 15 heavy (non-hydrogen) atoms. The lowest BCUT2D eigenvalue weighted by Crippen LogP contribution is -2.26. The molecule has 1 heterocycles. The number of nitrogens with one attached hydrogen (secondary N) is 1. The molecule has 2 aromatic rings. The largest absolute Gasteiger partial charge is 0.271 e. The topological polar surface area (TPSA) is 50.9 Å². The second-order valence-electron chi connectivity index (χ2n) is 3.30. The van der Waals surface area contributed by atoms with Crippen LogP contribution in [0, 0.1) is 0 Å². The van der Waals surface area contributed by atoms with Crippen LogP contribution in [0.25, 0.3) is 10.9 Å². The van der Waals surface area contributed by atoms with Gasteiger partial charge in [0.2, 0.25) is 0 Å². The van der Waals surface area contributed by atoms with E-state index in [1.165, 1.54) is 0 Å². The van der Waals surface area contributed by atoms with Gasteiger partial charge >= 0.3 is 0 Å². The molecule has 0 spiro atoms. The second-order valence-corrected chi connectivity index (χ2v) is 3.30. The number of rotatable bonds is 3. The molecule has 1 atom stereocenters. The molecule has 0 aliphatic rings. The van der Waals surface area contributed by atoms with Crippen LogP contribution in [0.1, 0.15) is 11.6 Å². The van der Waals surface area contributed by atoms with Gasteiger partial charge in [0.1, 0.15) is 0 Å². The Morgan fingerprint density at radius 3 is 2.93 bits per heavy atom. The Hall–Kier alpha value is -1.71. The van der Waals surface area contributed by atoms with Crippen LogP contribution in [0.3, 0.4) is 0 Å². The predicted molar refractivity (Wildman–Crippen MR) is 62.0 cm³/mol. The molecule has 0 saturated carbocycles. The van der Waals surface area contributed by atoms with Gasteiger partial charge < -0.3 is 0 Å². The molecule has 0 bridgehead atoms. The molecule has 0 saturated heterocycles. The van der Waals surface area contributed by atoms with E-state index in [2.05, 4.69) is 17.0 Å². The first-order valence-corrected chi connectivity index (χ1v) is 4.79. The number of hydrogen-bond acceptors (Lipinski definition) is 3. The van der Waals surface area contributed by atoms with Crippen LogP contribution in [0.15, 0.2) is 49.2 Å². The minimum atomic E-state index is -0.0436. The summed E-state index contributed by atoms with van der Waals surface area (Å²) in [6, 6.07) is 9.89. The summed E-state index contributed by atoms with van der Waals surface area (Å²) in [4.78, 5) is 4.29. The SMILES string of the molecule is C=CC(NN)c1cccc2ncccc12. The van der Waals surface area contributed by atoms with Crippen LogP contribution in [0.2, 0.25) is 0 Å². The summed E-state index contributed by atoms with van der Waals surface area (Å²) < 4.78 is 0. The molecule has 0 aliphatic carbocycles. The van der Waals surface area contributed by atoms with Crippen molar-refractivity contribution in [1.29, 1.82) is 0 Å². The zero-order valence-electron chi connectivity index (χ0n) is 8.35. The van der Waals surface area contributed by atoms with Crippen molar-refractivity contribution in [1.82, 2.24) is 10.4 Å². The van der Waals surface area contributed by atoms with Crippen LogP contribution in [-0.4, -0.2) is 4.98 Å². The van der Waals surface area contributed by atoms with Gasteiger partial charge in [0.15, 0.2) is 0 Å². The number of nitrogens with zero attached hydrogens (tertiary/aromatic N) is 1. The molecule has 1 aromatic carbocycles. The fraction of sp³-hybridized carbons (Fsp3) is 0.0833.